The molecule has 3 nitrogen and oxygen atoms in total. The van der Waals surface area contributed by atoms with Gasteiger partial charge in [0.1, 0.15) is 11.9 Å². The van der Waals surface area contributed by atoms with Crippen LogP contribution in [0.1, 0.15) is 13.3 Å². The van der Waals surface area contributed by atoms with Crippen molar-refractivity contribution in [2.24, 2.45) is 0 Å². The highest BCUT2D eigenvalue weighted by Crippen LogP contribution is 2.20. The predicted molar refractivity (Wildman–Crippen MR) is 84.2 cm³/mol. The molecule has 0 saturated carbocycles. The van der Waals surface area contributed by atoms with Crippen LogP contribution in [0.2, 0.25) is 5.02 Å². The first-order chi connectivity index (χ1) is 10.1. The van der Waals surface area contributed by atoms with E-state index < -0.39 is 11.9 Å². The molecule has 0 heterocycles. The van der Waals surface area contributed by atoms with Crippen molar-refractivity contribution in [1.29, 1.82) is 0 Å². The summed E-state index contributed by atoms with van der Waals surface area (Å²) in [6.45, 7) is 1.90. The number of carbonyl (C=O) groups excluding carboxylic acids is 1. The molecule has 110 valence electrons. The summed E-state index contributed by atoms with van der Waals surface area (Å²) in [6, 6.07) is 13.1. The van der Waals surface area contributed by atoms with Crippen LogP contribution in [0.25, 0.3) is 0 Å². The summed E-state index contributed by atoms with van der Waals surface area (Å²) < 4.78 is 13.1. The summed E-state index contributed by atoms with van der Waals surface area (Å²) in [4.78, 5) is 12.2. The molecule has 2 rings (SSSR count). The molecule has 21 heavy (non-hydrogen) atoms. The molecule has 0 spiro atoms. The lowest BCUT2D eigenvalue weighted by atomic mass is 10.2. The van der Waals surface area contributed by atoms with E-state index in [0.29, 0.717) is 12.1 Å². The molecule has 0 fully saturated rings. The lowest BCUT2D eigenvalue weighted by Crippen LogP contribution is -2.34. The summed E-state index contributed by atoms with van der Waals surface area (Å²) in [6.07, 6.45) is 0.591. The van der Waals surface area contributed by atoms with Gasteiger partial charge in [-0.1, -0.05) is 36.7 Å². The Balaban J connectivity index is 2.05. The first-order valence-corrected chi connectivity index (χ1v) is 7.05. The van der Waals surface area contributed by atoms with Crippen molar-refractivity contribution in [2.75, 3.05) is 10.6 Å². The molecular formula is C16H16ClFN2O. The van der Waals surface area contributed by atoms with Gasteiger partial charge in [0.05, 0.1) is 5.02 Å². The summed E-state index contributed by atoms with van der Waals surface area (Å²) in [5.74, 6) is -0.631. The lowest BCUT2D eigenvalue weighted by Gasteiger charge is -2.18. The van der Waals surface area contributed by atoms with Crippen LogP contribution >= 0.6 is 11.6 Å². The van der Waals surface area contributed by atoms with Crippen LogP contribution in [-0.2, 0) is 4.79 Å². The standard InChI is InChI=1S/C16H16ClFN2O/c1-2-15(16(21)20-11-6-4-3-5-7-11)19-12-8-9-14(18)13(17)10-12/h3-10,15,19H,2H2,1H3,(H,20,21)/t15-/m1/s1. The van der Waals surface area contributed by atoms with E-state index in [4.69, 9.17) is 11.6 Å². The van der Waals surface area contributed by atoms with Gasteiger partial charge in [-0.05, 0) is 36.8 Å². The molecule has 5 heteroatoms. The van der Waals surface area contributed by atoms with Gasteiger partial charge in [-0.2, -0.15) is 0 Å². The van der Waals surface area contributed by atoms with Crippen molar-refractivity contribution >= 4 is 28.9 Å². The molecule has 0 saturated heterocycles. The van der Waals surface area contributed by atoms with Gasteiger partial charge in [0.25, 0.3) is 0 Å². The van der Waals surface area contributed by atoms with Crippen molar-refractivity contribution in [3.63, 3.8) is 0 Å². The van der Waals surface area contributed by atoms with Crippen LogP contribution in [0, 0.1) is 5.82 Å². The molecule has 0 aliphatic rings. The normalized spacial score (nSPS) is 11.8. The number of anilines is 2. The fraction of sp³-hybridized carbons (Fsp3) is 0.188. The molecule has 0 aromatic heterocycles. The summed E-state index contributed by atoms with van der Waals surface area (Å²) in [7, 11) is 0. The van der Waals surface area contributed by atoms with Crippen molar-refractivity contribution < 1.29 is 9.18 Å². The Hall–Kier alpha value is -2.07. The van der Waals surface area contributed by atoms with E-state index in [9.17, 15) is 9.18 Å². The highest BCUT2D eigenvalue weighted by molar-refractivity contribution is 6.31. The SMILES string of the molecule is CC[C@@H](Nc1ccc(F)c(Cl)c1)C(=O)Nc1ccccc1. The summed E-state index contributed by atoms with van der Waals surface area (Å²) in [5, 5.41) is 5.91. The van der Waals surface area contributed by atoms with Gasteiger partial charge in [0.15, 0.2) is 0 Å². The maximum atomic E-state index is 13.1. The van der Waals surface area contributed by atoms with Crippen LogP contribution in [-0.4, -0.2) is 11.9 Å². The van der Waals surface area contributed by atoms with E-state index in [2.05, 4.69) is 10.6 Å². The van der Waals surface area contributed by atoms with Gasteiger partial charge in [0.2, 0.25) is 5.91 Å². The Morgan fingerprint density at radius 3 is 2.52 bits per heavy atom. The number of benzene rings is 2. The first-order valence-electron chi connectivity index (χ1n) is 6.67. The monoisotopic (exact) mass is 306 g/mol. The second-order valence-corrected chi connectivity index (χ2v) is 5.00. The molecule has 1 amide bonds. The molecule has 0 aliphatic carbocycles. The van der Waals surface area contributed by atoms with Crippen LogP contribution in [0.15, 0.2) is 48.5 Å². The minimum Gasteiger partial charge on any atom is -0.374 e. The Morgan fingerprint density at radius 2 is 1.90 bits per heavy atom. The zero-order chi connectivity index (χ0) is 15.2. The largest absolute Gasteiger partial charge is 0.374 e. The number of amides is 1. The van der Waals surface area contributed by atoms with E-state index in [0.717, 1.165) is 5.69 Å². The number of hydrogen-bond acceptors (Lipinski definition) is 2. The van der Waals surface area contributed by atoms with E-state index >= 15 is 0 Å². The minimum absolute atomic E-state index is 0.0262. The van der Waals surface area contributed by atoms with Crippen LogP contribution in [0.4, 0.5) is 15.8 Å². The number of para-hydroxylation sites is 1. The third kappa shape index (κ3) is 4.20. The smallest absolute Gasteiger partial charge is 0.246 e. The van der Waals surface area contributed by atoms with Gasteiger partial charge in [0, 0.05) is 11.4 Å². The Bertz CT molecular complexity index is 619. The van der Waals surface area contributed by atoms with Crippen LogP contribution in [0.5, 0.6) is 0 Å². The Labute approximate surface area is 128 Å². The summed E-state index contributed by atoms with van der Waals surface area (Å²) >= 11 is 5.73. The van der Waals surface area contributed by atoms with E-state index in [1.807, 2.05) is 37.3 Å². The van der Waals surface area contributed by atoms with Gasteiger partial charge in [-0.25, -0.2) is 4.39 Å². The van der Waals surface area contributed by atoms with E-state index in [1.54, 1.807) is 6.07 Å². The fourth-order valence-corrected chi connectivity index (χ4v) is 2.07. The zero-order valence-electron chi connectivity index (χ0n) is 11.6. The van der Waals surface area contributed by atoms with E-state index in [1.165, 1.54) is 12.1 Å². The van der Waals surface area contributed by atoms with Gasteiger partial charge < -0.3 is 10.6 Å². The average Bonchev–Trinajstić information content (AvgIpc) is 2.49. The summed E-state index contributed by atoms with van der Waals surface area (Å²) in [5.41, 5.74) is 1.34. The van der Waals surface area contributed by atoms with Crippen LogP contribution in [0.3, 0.4) is 0 Å². The topological polar surface area (TPSA) is 41.1 Å². The van der Waals surface area contributed by atoms with E-state index in [-0.39, 0.29) is 10.9 Å². The molecule has 0 unspecified atom stereocenters. The minimum atomic E-state index is -0.482. The highest BCUT2D eigenvalue weighted by atomic mass is 35.5. The van der Waals surface area contributed by atoms with Crippen molar-refractivity contribution in [3.8, 4) is 0 Å². The third-order valence-corrected chi connectivity index (χ3v) is 3.32. The fourth-order valence-electron chi connectivity index (χ4n) is 1.89. The number of nitrogens with one attached hydrogen (secondary N) is 2. The number of rotatable bonds is 5. The lowest BCUT2D eigenvalue weighted by molar-refractivity contribution is -0.116. The average molecular weight is 307 g/mol. The van der Waals surface area contributed by atoms with Crippen LogP contribution < -0.4 is 10.6 Å². The maximum Gasteiger partial charge on any atom is 0.246 e. The number of carbonyl (C=O) groups is 1. The highest BCUT2D eigenvalue weighted by Gasteiger charge is 2.16. The second-order valence-electron chi connectivity index (χ2n) is 4.59. The molecule has 1 atom stereocenters. The predicted octanol–water partition coefficient (Wildman–Crippen LogP) is 4.31. The molecule has 2 N–H and O–H groups in total. The first kappa shape index (κ1) is 15.3. The number of hydrogen-bond donors (Lipinski definition) is 2. The molecule has 0 aliphatic heterocycles. The molecule has 2 aromatic carbocycles. The van der Waals surface area contributed by atoms with Crippen molar-refractivity contribution in [1.82, 2.24) is 0 Å². The maximum absolute atomic E-state index is 13.1. The van der Waals surface area contributed by atoms with Gasteiger partial charge >= 0.3 is 0 Å². The second kappa shape index (κ2) is 7.09. The molecular weight excluding hydrogens is 291 g/mol. The molecule has 0 radical (unpaired) electrons. The zero-order valence-corrected chi connectivity index (χ0v) is 12.3. The Kier molecular flexibility index (Phi) is 5.17. The van der Waals surface area contributed by atoms with Gasteiger partial charge in [-0.15, -0.1) is 0 Å². The third-order valence-electron chi connectivity index (χ3n) is 3.03. The number of halogens is 2. The molecule has 2 aromatic rings. The van der Waals surface area contributed by atoms with Crippen molar-refractivity contribution in [2.45, 2.75) is 19.4 Å². The quantitative estimate of drug-likeness (QED) is 0.864. The van der Waals surface area contributed by atoms with Crippen molar-refractivity contribution in [3.05, 3.63) is 59.4 Å². The van der Waals surface area contributed by atoms with Gasteiger partial charge in [-0.3, -0.25) is 4.79 Å². The molecule has 0 bridgehead atoms. The Morgan fingerprint density at radius 1 is 1.19 bits per heavy atom.